The Balaban J connectivity index is 3.51. The Morgan fingerprint density at radius 2 is 1.04 bits per heavy atom. The van der Waals surface area contributed by atoms with E-state index in [2.05, 4.69) is 19.1 Å². The first kappa shape index (κ1) is 23.9. The van der Waals surface area contributed by atoms with Crippen molar-refractivity contribution in [2.75, 3.05) is 0 Å². The van der Waals surface area contributed by atoms with Crippen molar-refractivity contribution in [3.8, 4) is 0 Å². The van der Waals surface area contributed by atoms with E-state index in [1.165, 1.54) is 70.3 Å². The van der Waals surface area contributed by atoms with Crippen LogP contribution in [0.4, 0.5) is 0 Å². The lowest BCUT2D eigenvalue weighted by atomic mass is 10.1. The summed E-state index contributed by atoms with van der Waals surface area (Å²) < 4.78 is 0. The normalized spacial score (nSPS) is 13.0. The van der Waals surface area contributed by atoms with Crippen LogP contribution in [0.5, 0.6) is 0 Å². The summed E-state index contributed by atoms with van der Waals surface area (Å²) in [5, 5.41) is 8.41. The van der Waals surface area contributed by atoms with E-state index < -0.39 is 5.97 Å². The van der Waals surface area contributed by atoms with Gasteiger partial charge in [-0.3, -0.25) is 0 Å². The molecule has 0 atom stereocenters. The number of hydrogen-bond acceptors (Lipinski definition) is 1. The van der Waals surface area contributed by atoms with Gasteiger partial charge < -0.3 is 5.11 Å². The molecule has 2 heteroatoms. The molecule has 0 aliphatic rings. The van der Waals surface area contributed by atoms with Crippen molar-refractivity contribution >= 4 is 5.97 Å². The number of carboxylic acid groups (broad SMARTS) is 1. The number of carbonyl (C=O) groups is 1. The molecule has 0 spiro atoms. The maximum Gasteiger partial charge on any atom is 0.328 e. The van der Waals surface area contributed by atoms with Crippen LogP contribution < -0.4 is 0 Å². The summed E-state index contributed by atoms with van der Waals surface area (Å²) in [4.78, 5) is 10.2. The minimum Gasteiger partial charge on any atom is -0.478 e. The Morgan fingerprint density at radius 3 is 1.54 bits per heavy atom. The fourth-order valence-corrected chi connectivity index (χ4v) is 2.40. The van der Waals surface area contributed by atoms with Crippen LogP contribution in [0.2, 0.25) is 0 Å². The van der Waals surface area contributed by atoms with Gasteiger partial charge in [-0.25, -0.2) is 4.79 Å². The fraction of sp³-hybridized carbons (Fsp3) is 0.458. The number of carboxylic acids is 1. The quantitative estimate of drug-likeness (QED) is 0.178. The highest BCUT2D eigenvalue weighted by Crippen LogP contribution is 2.10. The molecule has 0 saturated heterocycles. The highest BCUT2D eigenvalue weighted by molar-refractivity contribution is 5.80. The molecule has 0 aromatic rings. The third-order valence-corrected chi connectivity index (χ3v) is 3.85. The fourth-order valence-electron chi connectivity index (χ4n) is 2.40. The van der Waals surface area contributed by atoms with Crippen LogP contribution in [0.3, 0.4) is 0 Å². The summed E-state index contributed by atoms with van der Waals surface area (Å²) in [7, 11) is 0. The molecular formula is C24H36O2. The van der Waals surface area contributed by atoms with Crippen molar-refractivity contribution in [1.29, 1.82) is 0 Å². The van der Waals surface area contributed by atoms with Gasteiger partial charge in [0.2, 0.25) is 0 Å². The van der Waals surface area contributed by atoms with E-state index in [-0.39, 0.29) is 0 Å². The molecular weight excluding hydrogens is 320 g/mol. The van der Waals surface area contributed by atoms with Crippen LogP contribution in [-0.2, 0) is 4.79 Å². The van der Waals surface area contributed by atoms with E-state index in [0.717, 1.165) is 6.08 Å². The minimum atomic E-state index is -0.936. The molecule has 0 heterocycles. The van der Waals surface area contributed by atoms with Gasteiger partial charge in [-0.05, 0) is 12.8 Å². The predicted octanol–water partition coefficient (Wildman–Crippen LogP) is 7.33. The van der Waals surface area contributed by atoms with Crippen molar-refractivity contribution in [3.63, 3.8) is 0 Å². The predicted molar refractivity (Wildman–Crippen MR) is 114 cm³/mol. The molecule has 0 radical (unpaired) electrons. The van der Waals surface area contributed by atoms with Crippen LogP contribution in [0.15, 0.2) is 72.9 Å². The second kappa shape index (κ2) is 21.0. The highest BCUT2D eigenvalue weighted by Gasteiger charge is 1.90. The molecule has 0 aromatic heterocycles. The van der Waals surface area contributed by atoms with E-state index in [4.69, 9.17) is 5.11 Å². The first-order valence-electron chi connectivity index (χ1n) is 10.00. The molecule has 0 rings (SSSR count). The largest absolute Gasteiger partial charge is 0.478 e. The van der Waals surface area contributed by atoms with E-state index in [1.807, 2.05) is 36.5 Å². The first-order valence-corrected chi connectivity index (χ1v) is 10.00. The van der Waals surface area contributed by atoms with Crippen molar-refractivity contribution in [1.82, 2.24) is 0 Å². The molecule has 2 nitrogen and oxygen atoms in total. The molecule has 0 aliphatic carbocycles. The van der Waals surface area contributed by atoms with Crippen molar-refractivity contribution in [2.45, 2.75) is 71.1 Å². The van der Waals surface area contributed by atoms with Crippen molar-refractivity contribution in [2.24, 2.45) is 0 Å². The topological polar surface area (TPSA) is 37.3 Å². The molecule has 0 aromatic carbocycles. The molecule has 0 aliphatic heterocycles. The summed E-state index contributed by atoms with van der Waals surface area (Å²) in [5.74, 6) is -0.936. The van der Waals surface area contributed by atoms with E-state index >= 15 is 0 Å². The molecule has 26 heavy (non-hydrogen) atoms. The highest BCUT2D eigenvalue weighted by atomic mass is 16.4. The first-order chi connectivity index (χ1) is 12.8. The zero-order chi connectivity index (χ0) is 19.1. The minimum absolute atomic E-state index is 0.936. The van der Waals surface area contributed by atoms with Crippen LogP contribution in [0.1, 0.15) is 71.1 Å². The van der Waals surface area contributed by atoms with Crippen LogP contribution in [-0.4, -0.2) is 11.1 Å². The maximum atomic E-state index is 10.2. The van der Waals surface area contributed by atoms with E-state index in [0.29, 0.717) is 0 Å². The average molecular weight is 357 g/mol. The van der Waals surface area contributed by atoms with Crippen molar-refractivity contribution < 1.29 is 9.90 Å². The smallest absolute Gasteiger partial charge is 0.328 e. The summed E-state index contributed by atoms with van der Waals surface area (Å²) in [6.07, 6.45) is 35.7. The zero-order valence-corrected chi connectivity index (χ0v) is 16.4. The molecule has 0 saturated carbocycles. The standard InChI is InChI=1S/C24H36O2/c1-2-3-4-5-6-7-8-9-10-11-12-13-14-15-16-17-18-19-20-21-22-23-24(25)26/h12-23H,2-11H2,1H3,(H,25,26)/b13-12+,15-14+,17-16+,19-18+,21-20+,23-22+. The number of rotatable bonds is 16. The van der Waals surface area contributed by atoms with Gasteiger partial charge in [0.05, 0.1) is 0 Å². The summed E-state index contributed by atoms with van der Waals surface area (Å²) >= 11 is 0. The third-order valence-electron chi connectivity index (χ3n) is 3.85. The lowest BCUT2D eigenvalue weighted by molar-refractivity contribution is -0.131. The molecule has 0 amide bonds. The van der Waals surface area contributed by atoms with Crippen LogP contribution in [0, 0.1) is 0 Å². The molecule has 1 N–H and O–H groups in total. The number of aliphatic carboxylic acids is 1. The second-order valence-corrected chi connectivity index (χ2v) is 6.28. The Bertz CT molecular complexity index is 490. The van der Waals surface area contributed by atoms with E-state index in [9.17, 15) is 4.79 Å². The van der Waals surface area contributed by atoms with Gasteiger partial charge in [0.25, 0.3) is 0 Å². The molecule has 0 unspecified atom stereocenters. The lowest BCUT2D eigenvalue weighted by Crippen LogP contribution is -1.84. The van der Waals surface area contributed by atoms with Gasteiger partial charge >= 0.3 is 5.97 Å². The number of hydrogen-bond donors (Lipinski definition) is 1. The van der Waals surface area contributed by atoms with Gasteiger partial charge in [0, 0.05) is 6.08 Å². The van der Waals surface area contributed by atoms with E-state index in [1.54, 1.807) is 12.2 Å². The Labute approximate surface area is 160 Å². The Hall–Kier alpha value is -2.09. The Morgan fingerprint density at radius 1 is 0.615 bits per heavy atom. The maximum absolute atomic E-state index is 10.2. The summed E-state index contributed by atoms with van der Waals surface area (Å²) in [5.41, 5.74) is 0. The van der Waals surface area contributed by atoms with Crippen LogP contribution >= 0.6 is 0 Å². The number of unbranched alkanes of at least 4 members (excludes halogenated alkanes) is 9. The monoisotopic (exact) mass is 356 g/mol. The van der Waals surface area contributed by atoms with Gasteiger partial charge in [0.15, 0.2) is 0 Å². The lowest BCUT2D eigenvalue weighted by Gasteiger charge is -2.00. The van der Waals surface area contributed by atoms with Gasteiger partial charge in [0.1, 0.15) is 0 Å². The van der Waals surface area contributed by atoms with Gasteiger partial charge in [-0.1, -0.05) is 125 Å². The Kier molecular flexibility index (Phi) is 19.3. The zero-order valence-electron chi connectivity index (χ0n) is 16.4. The molecule has 144 valence electrons. The van der Waals surface area contributed by atoms with Gasteiger partial charge in [-0.2, -0.15) is 0 Å². The molecule has 0 bridgehead atoms. The average Bonchev–Trinajstić information content (AvgIpc) is 2.62. The summed E-state index contributed by atoms with van der Waals surface area (Å²) in [6, 6.07) is 0. The SMILES string of the molecule is CCCCCCCCCCC/C=C/C=C/C=C/C=C/C=C/C=C/C(=O)O. The van der Waals surface area contributed by atoms with Crippen molar-refractivity contribution in [3.05, 3.63) is 72.9 Å². The summed E-state index contributed by atoms with van der Waals surface area (Å²) in [6.45, 7) is 2.27. The third kappa shape index (κ3) is 21.9. The molecule has 0 fully saturated rings. The second-order valence-electron chi connectivity index (χ2n) is 6.28. The van der Waals surface area contributed by atoms with Crippen LogP contribution in [0.25, 0.3) is 0 Å². The number of allylic oxidation sites excluding steroid dienone is 11. The van der Waals surface area contributed by atoms with Gasteiger partial charge in [-0.15, -0.1) is 0 Å².